The van der Waals surface area contributed by atoms with Gasteiger partial charge in [0, 0.05) is 24.3 Å². The van der Waals surface area contributed by atoms with Gasteiger partial charge in [0.2, 0.25) is 0 Å². The lowest BCUT2D eigenvalue weighted by Crippen LogP contribution is -2.29. The number of hydrogen-bond donors (Lipinski definition) is 3. The number of aromatic nitrogens is 5. The summed E-state index contributed by atoms with van der Waals surface area (Å²) in [5, 5.41) is 5.69. The summed E-state index contributed by atoms with van der Waals surface area (Å²) in [7, 11) is 1.50. The highest BCUT2D eigenvalue weighted by Crippen LogP contribution is 2.33. The van der Waals surface area contributed by atoms with Crippen LogP contribution in [0.15, 0.2) is 60.0 Å². The highest BCUT2D eigenvalue weighted by molar-refractivity contribution is 7.13. The van der Waals surface area contributed by atoms with E-state index in [1.54, 1.807) is 11.3 Å². The van der Waals surface area contributed by atoms with E-state index >= 15 is 0 Å². The van der Waals surface area contributed by atoms with Crippen LogP contribution in [0.2, 0.25) is 0 Å². The number of aldehydes is 1. The largest absolute Gasteiger partial charge is 0.383 e. The molecule has 42 heavy (non-hydrogen) atoms. The number of pyridine rings is 2. The molecule has 0 amide bonds. The second kappa shape index (κ2) is 12.9. The fraction of sp³-hybridized carbons (Fsp3) is 0.214. The van der Waals surface area contributed by atoms with Crippen LogP contribution in [0.1, 0.15) is 38.7 Å². The number of nitrogens with zero attached hydrogens (tertiary/aromatic N) is 7. The van der Waals surface area contributed by atoms with Gasteiger partial charge in [-0.25, -0.2) is 34.1 Å². The molecule has 1 aromatic carbocycles. The first kappa shape index (κ1) is 28.9. The first-order valence-corrected chi connectivity index (χ1v) is 13.9. The summed E-state index contributed by atoms with van der Waals surface area (Å²) in [4.78, 5) is 27.6. The first-order valence-electron chi connectivity index (χ1n) is 13.1. The minimum absolute atomic E-state index is 0.232. The number of hydrazone groups is 1. The van der Waals surface area contributed by atoms with Gasteiger partial charge in [0.15, 0.2) is 28.6 Å². The molecule has 2 aliphatic rings. The molecule has 5 N–H and O–H groups in total. The zero-order valence-corrected chi connectivity index (χ0v) is 23.4. The van der Waals surface area contributed by atoms with Gasteiger partial charge >= 0.3 is 0 Å². The number of nitrogens with two attached hydrogens (primary N) is 2. The molecule has 5 aromatic rings. The number of anilines is 2. The van der Waals surface area contributed by atoms with Crippen LogP contribution in [0.5, 0.6) is 0 Å². The molecule has 11 nitrogen and oxygen atoms in total. The fourth-order valence-electron chi connectivity index (χ4n) is 4.68. The molecule has 0 atom stereocenters. The topological polar surface area (TPSA) is 153 Å². The van der Waals surface area contributed by atoms with Crippen molar-refractivity contribution in [3.8, 4) is 17.1 Å². The molecule has 4 aromatic heterocycles. The van der Waals surface area contributed by atoms with Gasteiger partial charge in [-0.3, -0.25) is 9.36 Å². The Morgan fingerprint density at radius 3 is 2.60 bits per heavy atom. The second-order valence-electron chi connectivity index (χ2n) is 9.02. The van der Waals surface area contributed by atoms with Crippen molar-refractivity contribution < 1.29 is 13.6 Å². The average molecular weight is 591 g/mol. The molecule has 5 heterocycles. The van der Waals surface area contributed by atoms with Crippen LogP contribution in [0.4, 0.5) is 20.4 Å². The van der Waals surface area contributed by atoms with Crippen molar-refractivity contribution >= 4 is 46.6 Å². The van der Waals surface area contributed by atoms with Gasteiger partial charge in [0.05, 0.1) is 17.0 Å². The maximum absolute atomic E-state index is 11.7. The Morgan fingerprint density at radius 1 is 1.07 bits per heavy atom. The van der Waals surface area contributed by atoms with Gasteiger partial charge < -0.3 is 11.5 Å². The zero-order valence-electron chi connectivity index (χ0n) is 22.6. The van der Waals surface area contributed by atoms with Crippen LogP contribution < -0.4 is 22.0 Å². The van der Waals surface area contributed by atoms with Crippen LogP contribution in [0.25, 0.3) is 28.2 Å². The van der Waals surface area contributed by atoms with Crippen molar-refractivity contribution in [3.05, 3.63) is 75.9 Å². The number of fused-ring (bicyclic) bond motifs is 2. The number of hydrogen-bond acceptors (Lipinski definition) is 11. The molecule has 0 saturated heterocycles. The van der Waals surface area contributed by atoms with Crippen molar-refractivity contribution in [2.45, 2.75) is 25.7 Å². The molecule has 0 fully saturated rings. The van der Waals surface area contributed by atoms with Gasteiger partial charge in [-0.2, -0.15) is 10.2 Å². The van der Waals surface area contributed by atoms with Gasteiger partial charge in [-0.1, -0.05) is 6.07 Å². The predicted octanol–water partition coefficient (Wildman–Crippen LogP) is 4.33. The molecule has 0 bridgehead atoms. The quantitative estimate of drug-likeness (QED) is 0.254. The number of benzene rings is 1. The number of hydrazine groups is 1. The summed E-state index contributed by atoms with van der Waals surface area (Å²) in [5.41, 5.74) is 20.1. The number of alkyl halides is 2. The second-order valence-corrected chi connectivity index (χ2v) is 10.1. The van der Waals surface area contributed by atoms with E-state index in [-0.39, 0.29) is 9.88 Å². The van der Waals surface area contributed by atoms with Gasteiger partial charge in [0.1, 0.15) is 11.3 Å². The summed E-state index contributed by atoms with van der Waals surface area (Å²) < 4.78 is 25.6. The number of rotatable bonds is 5. The van der Waals surface area contributed by atoms with E-state index in [1.165, 1.54) is 24.6 Å². The molecule has 0 radical (unpaired) electrons. The number of nitrogens with one attached hydrogen (secondary N) is 1. The third-order valence-corrected chi connectivity index (χ3v) is 7.43. The Kier molecular flexibility index (Phi) is 8.85. The maximum Gasteiger partial charge on any atom is 0.289 e. The van der Waals surface area contributed by atoms with Crippen LogP contribution in [-0.4, -0.2) is 50.6 Å². The number of aryl methyl sites for hydroxylation is 2. The molecule has 216 valence electrons. The normalized spacial score (nSPS) is 13.5. The minimum atomic E-state index is -2.57. The molecule has 1 aliphatic carbocycles. The van der Waals surface area contributed by atoms with Crippen molar-refractivity contribution in [3.63, 3.8) is 0 Å². The molecule has 0 spiro atoms. The summed E-state index contributed by atoms with van der Waals surface area (Å²) in [6.07, 6.45) is 6.02. The molecular weight excluding hydrogens is 562 g/mol. The zero-order chi connectivity index (χ0) is 29.6. The summed E-state index contributed by atoms with van der Waals surface area (Å²) in [6, 6.07) is 14.3. The third-order valence-electron chi connectivity index (χ3n) is 6.50. The lowest BCUT2D eigenvalue weighted by atomic mass is 10.1. The van der Waals surface area contributed by atoms with E-state index < -0.39 is 6.43 Å². The van der Waals surface area contributed by atoms with E-state index in [2.05, 4.69) is 49.0 Å². The number of nitrogen functional groups attached to an aromatic ring is 1. The number of imidazole rings is 1. The summed E-state index contributed by atoms with van der Waals surface area (Å²) in [6.45, 7) is 0.682. The number of carbonyl (C=O) groups excluding carboxylic acids is 1. The Balaban J connectivity index is 0.000000249. The Morgan fingerprint density at radius 2 is 1.90 bits per heavy atom. The monoisotopic (exact) mass is 590 g/mol. The Labute approximate surface area is 243 Å². The Bertz CT molecular complexity index is 1740. The van der Waals surface area contributed by atoms with E-state index in [9.17, 15) is 13.6 Å². The average Bonchev–Trinajstić information content (AvgIpc) is 3.84. The SMILES string of the molecule is CN.Nc1ncccc1-c1nc2ccc(N3N=CCN3)nc2n1-c1ccc2c(c1)CCC2.O=Cc1cnc(C(F)F)s1. The molecule has 0 unspecified atom stereocenters. The maximum atomic E-state index is 11.7. The molecule has 7 rings (SSSR count). The summed E-state index contributed by atoms with van der Waals surface area (Å²) >= 11 is 0.712. The van der Waals surface area contributed by atoms with E-state index in [4.69, 9.17) is 15.7 Å². The van der Waals surface area contributed by atoms with Crippen molar-refractivity contribution in [2.75, 3.05) is 24.4 Å². The van der Waals surface area contributed by atoms with Crippen LogP contribution >= 0.6 is 11.3 Å². The van der Waals surface area contributed by atoms with Gasteiger partial charge in [-0.15, -0.1) is 11.3 Å². The van der Waals surface area contributed by atoms with Crippen molar-refractivity contribution in [1.82, 2.24) is 29.9 Å². The van der Waals surface area contributed by atoms with E-state index in [0.29, 0.717) is 35.8 Å². The van der Waals surface area contributed by atoms with Crippen molar-refractivity contribution in [1.29, 1.82) is 0 Å². The highest BCUT2D eigenvalue weighted by atomic mass is 32.1. The fourth-order valence-corrected chi connectivity index (χ4v) is 5.27. The molecule has 14 heteroatoms. The van der Waals surface area contributed by atoms with Crippen LogP contribution in [0.3, 0.4) is 0 Å². The van der Waals surface area contributed by atoms with Crippen molar-refractivity contribution in [2.24, 2.45) is 10.8 Å². The van der Waals surface area contributed by atoms with E-state index in [0.717, 1.165) is 47.3 Å². The van der Waals surface area contributed by atoms with Gasteiger partial charge in [0.25, 0.3) is 6.43 Å². The molecule has 1 aliphatic heterocycles. The predicted molar refractivity (Wildman–Crippen MR) is 160 cm³/mol. The standard InChI is InChI=1S/C22H20N8.C5H3F2NOS.CH5N/c23-20-17(5-2-10-24-20)21-27-18-8-9-19(30-25-11-12-26-30)28-22(18)29(21)16-7-6-14-3-1-4-15(14)13-16;6-4(7)5-8-1-3(2-9)10-5;1-2/h2,5-11,13,26H,1,3-4,12H2,(H2,23,24);1-2,4H;2H2,1H3. The van der Waals surface area contributed by atoms with Crippen LogP contribution in [-0.2, 0) is 12.8 Å². The third kappa shape index (κ3) is 5.86. The molecule has 0 saturated carbocycles. The first-order chi connectivity index (χ1) is 20.5. The minimum Gasteiger partial charge on any atom is -0.383 e. The Hall–Kier alpha value is -4.66. The lowest BCUT2D eigenvalue weighted by Gasteiger charge is -2.14. The number of carbonyl (C=O) groups is 1. The number of thiazole rings is 1. The van der Waals surface area contributed by atoms with E-state index in [1.807, 2.05) is 30.5 Å². The lowest BCUT2D eigenvalue weighted by molar-refractivity contribution is 0.112. The van der Waals surface area contributed by atoms with Gasteiger partial charge in [-0.05, 0) is 73.8 Å². The summed E-state index contributed by atoms with van der Waals surface area (Å²) in [5.74, 6) is 1.89. The highest BCUT2D eigenvalue weighted by Gasteiger charge is 2.21. The smallest absolute Gasteiger partial charge is 0.289 e. The molecular formula is C28H28F2N10OS. The van der Waals surface area contributed by atoms with Crippen LogP contribution in [0, 0.1) is 0 Å². The number of halogens is 2.